The van der Waals surface area contributed by atoms with Crippen molar-refractivity contribution in [1.82, 2.24) is 4.90 Å². The van der Waals surface area contributed by atoms with Crippen LogP contribution in [0.3, 0.4) is 0 Å². The first-order valence-electron chi connectivity index (χ1n) is 8.37. The van der Waals surface area contributed by atoms with Gasteiger partial charge in [-0.25, -0.2) is 0 Å². The molecule has 0 bridgehead atoms. The Morgan fingerprint density at radius 1 is 1.25 bits per heavy atom. The van der Waals surface area contributed by atoms with Crippen molar-refractivity contribution in [2.75, 3.05) is 20.2 Å². The molecule has 5 heteroatoms. The number of hydrogen-bond donors (Lipinski definition) is 1. The zero-order valence-electron chi connectivity index (χ0n) is 15.7. The fourth-order valence-electron chi connectivity index (χ4n) is 2.43. The van der Waals surface area contributed by atoms with Crippen molar-refractivity contribution in [3.63, 3.8) is 0 Å². The molecule has 0 radical (unpaired) electrons. The average molecular weight is 357 g/mol. The van der Waals surface area contributed by atoms with E-state index in [4.69, 9.17) is 10.5 Å². The summed E-state index contributed by atoms with van der Waals surface area (Å²) in [6.45, 7) is 9.92. The van der Waals surface area contributed by atoms with Crippen molar-refractivity contribution in [3.05, 3.63) is 29.8 Å². The summed E-state index contributed by atoms with van der Waals surface area (Å²) in [7, 11) is 1.66. The van der Waals surface area contributed by atoms with Gasteiger partial charge in [-0.2, -0.15) is 0 Å². The van der Waals surface area contributed by atoms with Crippen molar-refractivity contribution < 1.29 is 9.53 Å². The lowest BCUT2D eigenvalue weighted by atomic mass is 9.95. The molecule has 1 atom stereocenters. The van der Waals surface area contributed by atoms with Gasteiger partial charge in [0, 0.05) is 25.6 Å². The Morgan fingerprint density at radius 2 is 1.83 bits per heavy atom. The summed E-state index contributed by atoms with van der Waals surface area (Å²) in [4.78, 5) is 14.5. The van der Waals surface area contributed by atoms with Crippen LogP contribution < -0.4 is 10.5 Å². The molecule has 0 aromatic heterocycles. The van der Waals surface area contributed by atoms with E-state index in [9.17, 15) is 4.79 Å². The molecule has 1 unspecified atom stereocenters. The first kappa shape index (κ1) is 22.7. The Kier molecular flexibility index (Phi) is 10.0. The molecule has 0 fully saturated rings. The van der Waals surface area contributed by atoms with Crippen molar-refractivity contribution in [2.45, 2.75) is 53.0 Å². The number of methoxy groups -OCH3 is 1. The highest BCUT2D eigenvalue weighted by Crippen LogP contribution is 2.18. The number of rotatable bonds is 8. The van der Waals surface area contributed by atoms with Gasteiger partial charge in [-0.15, -0.1) is 12.4 Å². The van der Waals surface area contributed by atoms with Crippen LogP contribution in [-0.4, -0.2) is 37.0 Å². The average Bonchev–Trinajstić information content (AvgIpc) is 2.48. The van der Waals surface area contributed by atoms with Gasteiger partial charge in [0.2, 0.25) is 5.91 Å². The summed E-state index contributed by atoms with van der Waals surface area (Å²) in [5, 5.41) is 0. The molecule has 24 heavy (non-hydrogen) atoms. The smallest absolute Gasteiger partial charge is 0.222 e. The van der Waals surface area contributed by atoms with E-state index in [1.165, 1.54) is 5.56 Å². The van der Waals surface area contributed by atoms with E-state index in [-0.39, 0.29) is 29.8 Å². The molecule has 1 rings (SSSR count). The van der Waals surface area contributed by atoms with Gasteiger partial charge in [0.1, 0.15) is 5.75 Å². The van der Waals surface area contributed by atoms with Crippen LogP contribution in [0, 0.1) is 5.41 Å². The van der Waals surface area contributed by atoms with E-state index in [1.54, 1.807) is 7.11 Å². The van der Waals surface area contributed by atoms with Gasteiger partial charge in [-0.05, 0) is 42.9 Å². The number of halogens is 1. The van der Waals surface area contributed by atoms with Crippen LogP contribution in [0.5, 0.6) is 5.75 Å². The molecule has 0 aliphatic heterocycles. The molecule has 0 saturated heterocycles. The monoisotopic (exact) mass is 356 g/mol. The lowest BCUT2D eigenvalue weighted by molar-refractivity contribution is -0.132. The quantitative estimate of drug-likeness (QED) is 0.773. The van der Waals surface area contributed by atoms with E-state index in [0.29, 0.717) is 6.42 Å². The minimum Gasteiger partial charge on any atom is -0.497 e. The highest BCUT2D eigenvalue weighted by molar-refractivity contribution is 5.85. The minimum absolute atomic E-state index is 0. The third-order valence-electron chi connectivity index (χ3n) is 3.66. The number of nitrogens with zero attached hydrogens (tertiary/aromatic N) is 1. The third-order valence-corrected chi connectivity index (χ3v) is 3.66. The number of amides is 1. The zero-order chi connectivity index (χ0) is 17.5. The summed E-state index contributed by atoms with van der Waals surface area (Å²) in [5.74, 6) is 1.05. The first-order valence-corrected chi connectivity index (χ1v) is 8.37. The Labute approximate surface area is 153 Å². The van der Waals surface area contributed by atoms with Crippen LogP contribution in [0.25, 0.3) is 0 Å². The second-order valence-electron chi connectivity index (χ2n) is 7.49. The molecule has 1 amide bonds. The maximum absolute atomic E-state index is 12.5. The van der Waals surface area contributed by atoms with Crippen LogP contribution in [0.4, 0.5) is 0 Å². The summed E-state index contributed by atoms with van der Waals surface area (Å²) >= 11 is 0. The number of carbonyl (C=O) groups excluding carboxylic acids is 1. The van der Waals surface area contributed by atoms with Gasteiger partial charge in [-0.3, -0.25) is 4.79 Å². The minimum atomic E-state index is 0. The van der Waals surface area contributed by atoms with Crippen molar-refractivity contribution in [3.8, 4) is 5.75 Å². The van der Waals surface area contributed by atoms with Gasteiger partial charge in [0.15, 0.2) is 0 Å². The lowest BCUT2D eigenvalue weighted by Crippen LogP contribution is -2.39. The van der Waals surface area contributed by atoms with E-state index >= 15 is 0 Å². The maximum atomic E-state index is 12.5. The summed E-state index contributed by atoms with van der Waals surface area (Å²) in [6, 6.07) is 8.10. The lowest BCUT2D eigenvalue weighted by Gasteiger charge is -2.30. The first-order chi connectivity index (χ1) is 10.7. The van der Waals surface area contributed by atoms with Gasteiger partial charge in [0.25, 0.3) is 0 Å². The normalized spacial score (nSPS) is 12.2. The Hall–Kier alpha value is -1.26. The SMILES string of the molecule is COc1ccc(CCN(CC(C)(C)C)C(=O)CCC(C)N)cc1.Cl. The molecule has 1 aromatic carbocycles. The number of hydrogen-bond acceptors (Lipinski definition) is 3. The summed E-state index contributed by atoms with van der Waals surface area (Å²) in [6.07, 6.45) is 2.11. The molecule has 0 aliphatic carbocycles. The molecule has 0 aliphatic rings. The summed E-state index contributed by atoms with van der Waals surface area (Å²) < 4.78 is 5.18. The fraction of sp³-hybridized carbons (Fsp3) is 0.632. The number of nitrogens with two attached hydrogens (primary N) is 1. The molecule has 2 N–H and O–H groups in total. The Balaban J connectivity index is 0.00000529. The largest absolute Gasteiger partial charge is 0.497 e. The molecular weight excluding hydrogens is 324 g/mol. The molecule has 0 heterocycles. The predicted molar refractivity (Wildman–Crippen MR) is 103 cm³/mol. The molecule has 4 nitrogen and oxygen atoms in total. The van der Waals surface area contributed by atoms with E-state index < -0.39 is 0 Å². The highest BCUT2D eigenvalue weighted by Gasteiger charge is 2.20. The van der Waals surface area contributed by atoms with Crippen LogP contribution >= 0.6 is 12.4 Å². The Bertz CT molecular complexity index is 481. The molecule has 138 valence electrons. The van der Waals surface area contributed by atoms with Gasteiger partial charge in [-0.1, -0.05) is 32.9 Å². The third kappa shape index (κ3) is 9.14. The number of benzene rings is 1. The number of carbonyl (C=O) groups is 1. The topological polar surface area (TPSA) is 55.6 Å². The number of ether oxygens (including phenoxy) is 1. The van der Waals surface area contributed by atoms with Gasteiger partial charge in [0.05, 0.1) is 7.11 Å². The van der Waals surface area contributed by atoms with E-state index in [1.807, 2.05) is 24.0 Å². The second kappa shape index (κ2) is 10.6. The van der Waals surface area contributed by atoms with Crippen LogP contribution in [0.1, 0.15) is 46.1 Å². The van der Waals surface area contributed by atoms with Gasteiger partial charge >= 0.3 is 0 Å². The van der Waals surface area contributed by atoms with E-state index in [0.717, 1.165) is 31.7 Å². The van der Waals surface area contributed by atoms with Crippen molar-refractivity contribution >= 4 is 18.3 Å². The van der Waals surface area contributed by atoms with Crippen molar-refractivity contribution in [2.24, 2.45) is 11.1 Å². The van der Waals surface area contributed by atoms with Crippen LogP contribution in [0.2, 0.25) is 0 Å². The Morgan fingerprint density at radius 3 is 2.29 bits per heavy atom. The van der Waals surface area contributed by atoms with Crippen LogP contribution in [-0.2, 0) is 11.2 Å². The van der Waals surface area contributed by atoms with Gasteiger partial charge < -0.3 is 15.4 Å². The molecular formula is C19H33ClN2O2. The molecule has 0 spiro atoms. The standard InChI is InChI=1S/C19H32N2O2.ClH/c1-15(20)6-11-18(22)21(14-19(2,3)4)13-12-16-7-9-17(23-5)10-8-16;/h7-10,15H,6,11-14,20H2,1-5H3;1H. The van der Waals surface area contributed by atoms with Crippen LogP contribution in [0.15, 0.2) is 24.3 Å². The maximum Gasteiger partial charge on any atom is 0.222 e. The summed E-state index contributed by atoms with van der Waals surface area (Å²) in [5.41, 5.74) is 7.08. The zero-order valence-corrected chi connectivity index (χ0v) is 16.5. The molecule has 1 aromatic rings. The van der Waals surface area contributed by atoms with Crippen molar-refractivity contribution in [1.29, 1.82) is 0 Å². The molecule has 0 saturated carbocycles. The van der Waals surface area contributed by atoms with E-state index in [2.05, 4.69) is 32.9 Å². The fourth-order valence-corrected chi connectivity index (χ4v) is 2.43. The predicted octanol–water partition coefficient (Wildman–Crippen LogP) is 3.66. The highest BCUT2D eigenvalue weighted by atomic mass is 35.5. The second-order valence-corrected chi connectivity index (χ2v) is 7.49.